The van der Waals surface area contributed by atoms with Gasteiger partial charge in [0.2, 0.25) is 15.9 Å². The first-order valence-electron chi connectivity index (χ1n) is 6.03. The molecule has 1 unspecified atom stereocenters. The Hall–Kier alpha value is -1.15. The van der Waals surface area contributed by atoms with Crippen LogP contribution in [0.25, 0.3) is 0 Å². The first-order chi connectivity index (χ1) is 8.90. The largest absolute Gasteiger partial charge is 0.366 e. The Bertz CT molecular complexity index is 598. The number of amides is 1. The molecule has 112 valence electrons. The maximum Gasteiger partial charge on any atom is 0.249 e. The van der Waals surface area contributed by atoms with Crippen molar-refractivity contribution in [3.8, 4) is 0 Å². The lowest BCUT2D eigenvalue weighted by molar-refractivity contribution is 0.0999. The van der Waals surface area contributed by atoms with E-state index in [-0.39, 0.29) is 28.9 Å². The number of carbonyl (C=O) groups is 1. The first kappa shape index (κ1) is 16.9. The normalized spacial score (nSPS) is 18.6. The van der Waals surface area contributed by atoms with Crippen molar-refractivity contribution in [2.45, 2.75) is 24.3 Å². The maximum atomic E-state index is 12.2. The van der Waals surface area contributed by atoms with Gasteiger partial charge in [-0.1, -0.05) is 6.07 Å². The lowest BCUT2D eigenvalue weighted by Crippen LogP contribution is -2.36. The van der Waals surface area contributed by atoms with E-state index in [0.717, 1.165) is 13.0 Å². The zero-order valence-corrected chi connectivity index (χ0v) is 12.7. The van der Waals surface area contributed by atoms with Crippen LogP contribution in [0.5, 0.6) is 0 Å². The molecule has 20 heavy (non-hydrogen) atoms. The topological polar surface area (TPSA) is 101 Å². The predicted octanol–water partition coefficient (Wildman–Crippen LogP) is 0.156. The van der Waals surface area contributed by atoms with Crippen molar-refractivity contribution in [1.82, 2.24) is 10.0 Å². The fourth-order valence-electron chi connectivity index (χ4n) is 2.08. The molecule has 0 radical (unpaired) electrons. The molecule has 2 rings (SSSR count). The van der Waals surface area contributed by atoms with Crippen molar-refractivity contribution in [2.24, 2.45) is 5.73 Å². The van der Waals surface area contributed by atoms with E-state index in [2.05, 4.69) is 10.0 Å². The Morgan fingerprint density at radius 3 is 2.70 bits per heavy atom. The van der Waals surface area contributed by atoms with Gasteiger partial charge < -0.3 is 11.1 Å². The summed E-state index contributed by atoms with van der Waals surface area (Å²) in [5, 5.41) is 3.08. The van der Waals surface area contributed by atoms with E-state index in [1.807, 2.05) is 0 Å². The van der Waals surface area contributed by atoms with Crippen molar-refractivity contribution in [3.63, 3.8) is 0 Å². The van der Waals surface area contributed by atoms with Crippen LogP contribution in [0.3, 0.4) is 0 Å². The third-order valence-corrected chi connectivity index (χ3v) is 4.69. The average molecular weight is 320 g/mol. The van der Waals surface area contributed by atoms with E-state index >= 15 is 0 Å². The Labute approximate surface area is 124 Å². The second-order valence-corrected chi connectivity index (χ2v) is 6.37. The molecule has 4 N–H and O–H groups in total. The van der Waals surface area contributed by atoms with Gasteiger partial charge in [0.05, 0.1) is 4.90 Å². The molecule has 1 fully saturated rings. The number of halogens is 1. The third-order valence-electron chi connectivity index (χ3n) is 3.17. The standard InChI is InChI=1S/C12H17N3O3S.ClH/c1-8-2-3-10(6-11(8)12(13)16)19(17,18)15-9-4-5-14-7-9;/h2-3,6,9,14-15H,4-5,7H2,1H3,(H2,13,16);1H. The van der Waals surface area contributed by atoms with Crippen molar-refractivity contribution in [3.05, 3.63) is 29.3 Å². The van der Waals surface area contributed by atoms with Crippen molar-refractivity contribution in [2.75, 3.05) is 13.1 Å². The molecule has 8 heteroatoms. The highest BCUT2D eigenvalue weighted by molar-refractivity contribution is 7.89. The van der Waals surface area contributed by atoms with Gasteiger partial charge in [-0.05, 0) is 37.6 Å². The molecule has 1 aromatic carbocycles. The predicted molar refractivity (Wildman–Crippen MR) is 78.5 cm³/mol. The van der Waals surface area contributed by atoms with Crippen LogP contribution < -0.4 is 15.8 Å². The summed E-state index contributed by atoms with van der Waals surface area (Å²) in [5.74, 6) is -0.628. The van der Waals surface area contributed by atoms with Gasteiger partial charge in [0, 0.05) is 18.2 Å². The molecule has 1 aliphatic rings. The van der Waals surface area contributed by atoms with Crippen LogP contribution in [0.4, 0.5) is 0 Å². The first-order valence-corrected chi connectivity index (χ1v) is 7.52. The molecule has 1 heterocycles. The lowest BCUT2D eigenvalue weighted by atomic mass is 10.1. The van der Waals surface area contributed by atoms with Crippen LogP contribution in [0.2, 0.25) is 0 Å². The van der Waals surface area contributed by atoms with Gasteiger partial charge in [0.25, 0.3) is 0 Å². The minimum absolute atomic E-state index is 0. The number of carbonyl (C=O) groups excluding carboxylic acids is 1. The number of hydrogen-bond donors (Lipinski definition) is 3. The van der Waals surface area contributed by atoms with Crippen LogP contribution in [-0.2, 0) is 10.0 Å². The van der Waals surface area contributed by atoms with Crippen molar-refractivity contribution < 1.29 is 13.2 Å². The highest BCUT2D eigenvalue weighted by atomic mass is 35.5. The second-order valence-electron chi connectivity index (χ2n) is 4.65. The Morgan fingerprint density at radius 2 is 2.15 bits per heavy atom. The van der Waals surface area contributed by atoms with E-state index in [9.17, 15) is 13.2 Å². The fourth-order valence-corrected chi connectivity index (χ4v) is 3.37. The van der Waals surface area contributed by atoms with Gasteiger partial charge in [-0.15, -0.1) is 12.4 Å². The van der Waals surface area contributed by atoms with Crippen LogP contribution in [-0.4, -0.2) is 33.5 Å². The van der Waals surface area contributed by atoms with Crippen molar-refractivity contribution in [1.29, 1.82) is 0 Å². The zero-order chi connectivity index (χ0) is 14.0. The van der Waals surface area contributed by atoms with Crippen LogP contribution in [0.1, 0.15) is 22.3 Å². The maximum absolute atomic E-state index is 12.2. The summed E-state index contributed by atoms with van der Waals surface area (Å²) in [5.41, 5.74) is 6.12. The summed E-state index contributed by atoms with van der Waals surface area (Å²) in [6, 6.07) is 4.28. The van der Waals surface area contributed by atoms with Crippen LogP contribution in [0, 0.1) is 6.92 Å². The number of benzene rings is 1. The van der Waals surface area contributed by atoms with Gasteiger partial charge >= 0.3 is 0 Å². The fraction of sp³-hybridized carbons (Fsp3) is 0.417. The van der Waals surface area contributed by atoms with Crippen molar-refractivity contribution >= 4 is 28.3 Å². The summed E-state index contributed by atoms with van der Waals surface area (Å²) in [4.78, 5) is 11.3. The second kappa shape index (κ2) is 6.53. The number of nitrogens with one attached hydrogen (secondary N) is 2. The molecule has 1 atom stereocenters. The minimum Gasteiger partial charge on any atom is -0.366 e. The lowest BCUT2D eigenvalue weighted by Gasteiger charge is -2.13. The molecule has 0 spiro atoms. The van der Waals surface area contributed by atoms with E-state index in [1.165, 1.54) is 12.1 Å². The Balaban J connectivity index is 0.00000200. The molecule has 1 aliphatic heterocycles. The Morgan fingerprint density at radius 1 is 1.45 bits per heavy atom. The van der Waals surface area contributed by atoms with E-state index in [4.69, 9.17) is 5.73 Å². The van der Waals surface area contributed by atoms with Crippen LogP contribution in [0.15, 0.2) is 23.1 Å². The summed E-state index contributed by atoms with van der Waals surface area (Å²) in [6.07, 6.45) is 0.758. The molecule has 1 aromatic rings. The number of aryl methyl sites for hydroxylation is 1. The SMILES string of the molecule is Cc1ccc(S(=O)(=O)NC2CCNC2)cc1C(N)=O.Cl. The summed E-state index contributed by atoms with van der Waals surface area (Å²) >= 11 is 0. The highest BCUT2D eigenvalue weighted by Crippen LogP contribution is 2.16. The van der Waals surface area contributed by atoms with Gasteiger partial charge in [0.15, 0.2) is 0 Å². The average Bonchev–Trinajstić information content (AvgIpc) is 2.80. The summed E-state index contributed by atoms with van der Waals surface area (Å²) in [7, 11) is -3.61. The molecule has 6 nitrogen and oxygen atoms in total. The van der Waals surface area contributed by atoms with E-state index in [0.29, 0.717) is 12.1 Å². The van der Waals surface area contributed by atoms with Gasteiger partial charge in [0.1, 0.15) is 0 Å². The number of hydrogen-bond acceptors (Lipinski definition) is 4. The molecular weight excluding hydrogens is 302 g/mol. The number of rotatable bonds is 4. The third kappa shape index (κ3) is 3.69. The molecule has 0 aliphatic carbocycles. The van der Waals surface area contributed by atoms with Gasteiger partial charge in [-0.2, -0.15) is 0 Å². The van der Waals surface area contributed by atoms with Gasteiger partial charge in [-0.25, -0.2) is 13.1 Å². The zero-order valence-electron chi connectivity index (χ0n) is 11.0. The number of sulfonamides is 1. The van der Waals surface area contributed by atoms with E-state index in [1.54, 1.807) is 13.0 Å². The molecule has 1 amide bonds. The Kier molecular flexibility index (Phi) is 5.52. The summed E-state index contributed by atoms with van der Waals surface area (Å²) in [6.45, 7) is 3.13. The molecule has 0 aromatic heterocycles. The molecule has 1 saturated heterocycles. The summed E-state index contributed by atoms with van der Waals surface area (Å²) < 4.78 is 27.0. The van der Waals surface area contributed by atoms with Gasteiger partial charge in [-0.3, -0.25) is 4.79 Å². The monoisotopic (exact) mass is 319 g/mol. The van der Waals surface area contributed by atoms with Crippen LogP contribution >= 0.6 is 12.4 Å². The number of nitrogens with two attached hydrogens (primary N) is 1. The number of primary amides is 1. The quantitative estimate of drug-likeness (QED) is 0.735. The molecule has 0 saturated carbocycles. The smallest absolute Gasteiger partial charge is 0.249 e. The minimum atomic E-state index is -3.61. The van der Waals surface area contributed by atoms with E-state index < -0.39 is 15.9 Å². The molecule has 0 bridgehead atoms. The highest BCUT2D eigenvalue weighted by Gasteiger charge is 2.23. The molecular formula is C12H18ClN3O3S.